The Hall–Kier alpha value is -2.54. The molecule has 134 valence electrons. The number of carbonyl (C=O) groups is 1. The van der Waals surface area contributed by atoms with Crippen molar-refractivity contribution in [1.82, 2.24) is 20.3 Å². The van der Waals surface area contributed by atoms with Crippen molar-refractivity contribution in [3.8, 4) is 11.5 Å². The van der Waals surface area contributed by atoms with Crippen molar-refractivity contribution in [2.24, 2.45) is 0 Å². The number of hydrogen-bond donors (Lipinski definition) is 2. The number of aryl methyl sites for hydroxylation is 1. The topological polar surface area (TPSA) is 97.0 Å². The van der Waals surface area contributed by atoms with Gasteiger partial charge in [0.05, 0.1) is 12.5 Å². The third-order valence-electron chi connectivity index (χ3n) is 3.56. The van der Waals surface area contributed by atoms with Crippen LogP contribution in [-0.4, -0.2) is 40.1 Å². The highest BCUT2D eigenvalue weighted by molar-refractivity contribution is 5.78. The van der Waals surface area contributed by atoms with E-state index < -0.39 is 0 Å². The number of H-pyrrole nitrogens is 1. The van der Waals surface area contributed by atoms with Crippen LogP contribution >= 0.6 is 0 Å². The molecule has 0 unspecified atom stereocenters. The zero-order valence-electron chi connectivity index (χ0n) is 14.8. The van der Waals surface area contributed by atoms with Gasteiger partial charge in [0.15, 0.2) is 5.82 Å². The van der Waals surface area contributed by atoms with Crippen LogP contribution in [0.15, 0.2) is 29.2 Å². The van der Waals surface area contributed by atoms with Gasteiger partial charge in [0.2, 0.25) is 5.91 Å². The molecule has 0 spiro atoms. The van der Waals surface area contributed by atoms with E-state index in [1.165, 1.54) is 0 Å². The van der Waals surface area contributed by atoms with Gasteiger partial charge in [0, 0.05) is 30.6 Å². The number of amides is 1. The number of rotatable bonds is 8. The van der Waals surface area contributed by atoms with E-state index in [0.717, 1.165) is 6.42 Å². The van der Waals surface area contributed by atoms with Gasteiger partial charge in [-0.2, -0.15) is 0 Å². The molecule has 2 aromatic heterocycles. The van der Waals surface area contributed by atoms with Crippen LogP contribution in [0, 0.1) is 6.92 Å². The predicted molar refractivity (Wildman–Crippen MR) is 95.2 cm³/mol. The molecule has 0 bridgehead atoms. The first-order chi connectivity index (χ1) is 12.0. The molecule has 0 saturated heterocycles. The minimum Gasteiger partial charge on any atom is -0.379 e. The maximum atomic E-state index is 12.3. The molecule has 2 aromatic rings. The van der Waals surface area contributed by atoms with Crippen LogP contribution in [0.2, 0.25) is 0 Å². The molecule has 0 aromatic carbocycles. The normalized spacial score (nSPS) is 10.9. The Morgan fingerprint density at radius 1 is 1.36 bits per heavy atom. The van der Waals surface area contributed by atoms with Crippen LogP contribution in [0.1, 0.15) is 31.5 Å². The minimum absolute atomic E-state index is 0.00169. The number of hydrogen-bond acceptors (Lipinski definition) is 5. The lowest BCUT2D eigenvalue weighted by Crippen LogP contribution is -2.30. The quantitative estimate of drug-likeness (QED) is 0.709. The van der Waals surface area contributed by atoms with Crippen LogP contribution < -0.4 is 10.9 Å². The number of aromatic amines is 1. The Morgan fingerprint density at radius 3 is 2.80 bits per heavy atom. The van der Waals surface area contributed by atoms with E-state index >= 15 is 0 Å². The lowest BCUT2D eigenvalue weighted by molar-refractivity contribution is -0.120. The van der Waals surface area contributed by atoms with Gasteiger partial charge >= 0.3 is 0 Å². The molecule has 2 N–H and O–H groups in total. The first kappa shape index (κ1) is 18.8. The summed E-state index contributed by atoms with van der Waals surface area (Å²) in [4.78, 5) is 35.6. The molecule has 0 aliphatic carbocycles. The molecule has 0 aliphatic heterocycles. The van der Waals surface area contributed by atoms with E-state index in [1.54, 1.807) is 25.3 Å². The van der Waals surface area contributed by atoms with E-state index in [-0.39, 0.29) is 24.0 Å². The van der Waals surface area contributed by atoms with Crippen LogP contribution in [0.5, 0.6) is 0 Å². The van der Waals surface area contributed by atoms with Gasteiger partial charge in [-0.1, -0.05) is 6.07 Å². The highest BCUT2D eigenvalue weighted by Gasteiger charge is 2.13. The van der Waals surface area contributed by atoms with Crippen molar-refractivity contribution < 1.29 is 9.53 Å². The maximum Gasteiger partial charge on any atom is 0.255 e. The first-order valence-corrected chi connectivity index (χ1v) is 8.37. The van der Waals surface area contributed by atoms with Gasteiger partial charge in [0.1, 0.15) is 5.69 Å². The van der Waals surface area contributed by atoms with Crippen molar-refractivity contribution in [3.05, 3.63) is 46.0 Å². The smallest absolute Gasteiger partial charge is 0.255 e. The van der Waals surface area contributed by atoms with Gasteiger partial charge in [-0.3, -0.25) is 14.6 Å². The fourth-order valence-electron chi connectivity index (χ4n) is 2.28. The third kappa shape index (κ3) is 5.79. The highest BCUT2D eigenvalue weighted by Crippen LogP contribution is 2.11. The lowest BCUT2D eigenvalue weighted by Gasteiger charge is -2.09. The summed E-state index contributed by atoms with van der Waals surface area (Å²) in [6, 6.07) is 5.38. The summed E-state index contributed by atoms with van der Waals surface area (Å²) in [5, 5.41) is 2.79. The Morgan fingerprint density at radius 2 is 2.16 bits per heavy atom. The van der Waals surface area contributed by atoms with Gasteiger partial charge in [0.25, 0.3) is 5.56 Å². The standard InChI is InChI=1S/C18H24N4O3/c1-12(2)25-10-6-9-20-16(23)11-14-13(3)21-17(22-18(14)24)15-7-4-5-8-19-15/h4-5,7-8,12H,6,9-11H2,1-3H3,(H,20,23)(H,21,22,24). The van der Waals surface area contributed by atoms with Crippen LogP contribution in [0.3, 0.4) is 0 Å². The fraction of sp³-hybridized carbons (Fsp3) is 0.444. The van der Waals surface area contributed by atoms with E-state index in [1.807, 2.05) is 19.9 Å². The second-order valence-corrected chi connectivity index (χ2v) is 5.99. The van der Waals surface area contributed by atoms with Crippen LogP contribution in [-0.2, 0) is 16.0 Å². The van der Waals surface area contributed by atoms with E-state index in [0.29, 0.717) is 35.9 Å². The molecule has 0 aliphatic rings. The molecular formula is C18H24N4O3. The van der Waals surface area contributed by atoms with Gasteiger partial charge in [-0.15, -0.1) is 0 Å². The van der Waals surface area contributed by atoms with Gasteiger partial charge < -0.3 is 15.0 Å². The van der Waals surface area contributed by atoms with Crippen LogP contribution in [0.4, 0.5) is 0 Å². The highest BCUT2D eigenvalue weighted by atomic mass is 16.5. The zero-order valence-corrected chi connectivity index (χ0v) is 14.8. The molecule has 0 atom stereocenters. The SMILES string of the molecule is Cc1nc(-c2ccccn2)[nH]c(=O)c1CC(=O)NCCCOC(C)C. The van der Waals surface area contributed by atoms with Gasteiger partial charge in [-0.05, 0) is 39.3 Å². The lowest BCUT2D eigenvalue weighted by atomic mass is 10.1. The summed E-state index contributed by atoms with van der Waals surface area (Å²) < 4.78 is 5.41. The predicted octanol–water partition coefficient (Wildman–Crippen LogP) is 1.61. The molecule has 0 fully saturated rings. The summed E-state index contributed by atoms with van der Waals surface area (Å²) in [7, 11) is 0. The molecule has 0 saturated carbocycles. The molecule has 2 rings (SSSR count). The largest absolute Gasteiger partial charge is 0.379 e. The first-order valence-electron chi connectivity index (χ1n) is 8.37. The Bertz CT molecular complexity index is 757. The van der Waals surface area contributed by atoms with Crippen LogP contribution in [0.25, 0.3) is 11.5 Å². The Balaban J connectivity index is 1.96. The Kier molecular flexibility index (Phi) is 6.82. The summed E-state index contributed by atoms with van der Waals surface area (Å²) in [5.41, 5.74) is 1.17. The van der Waals surface area contributed by atoms with Gasteiger partial charge in [-0.25, -0.2) is 4.98 Å². The summed E-state index contributed by atoms with van der Waals surface area (Å²) in [6.07, 6.45) is 2.55. The number of aromatic nitrogens is 3. The number of nitrogens with zero attached hydrogens (tertiary/aromatic N) is 2. The fourth-order valence-corrected chi connectivity index (χ4v) is 2.28. The summed E-state index contributed by atoms with van der Waals surface area (Å²) in [6.45, 7) is 6.77. The molecule has 1 amide bonds. The molecule has 0 radical (unpaired) electrons. The zero-order chi connectivity index (χ0) is 18.2. The molecule has 7 nitrogen and oxygen atoms in total. The van der Waals surface area contributed by atoms with Crippen molar-refractivity contribution in [2.45, 2.75) is 39.7 Å². The molecule has 2 heterocycles. The number of pyridine rings is 1. The van der Waals surface area contributed by atoms with Crippen molar-refractivity contribution >= 4 is 5.91 Å². The molecule has 7 heteroatoms. The molecular weight excluding hydrogens is 320 g/mol. The number of nitrogens with one attached hydrogen (secondary N) is 2. The van der Waals surface area contributed by atoms with Crippen molar-refractivity contribution in [3.63, 3.8) is 0 Å². The van der Waals surface area contributed by atoms with E-state index in [2.05, 4.69) is 20.3 Å². The summed E-state index contributed by atoms with van der Waals surface area (Å²) in [5.74, 6) is 0.198. The second kappa shape index (κ2) is 9.08. The second-order valence-electron chi connectivity index (χ2n) is 5.99. The molecule has 25 heavy (non-hydrogen) atoms. The maximum absolute atomic E-state index is 12.3. The van der Waals surface area contributed by atoms with E-state index in [4.69, 9.17) is 4.74 Å². The number of carbonyl (C=O) groups excluding carboxylic acids is 1. The number of ether oxygens (including phenoxy) is 1. The third-order valence-corrected chi connectivity index (χ3v) is 3.56. The van der Waals surface area contributed by atoms with E-state index in [9.17, 15) is 9.59 Å². The van der Waals surface area contributed by atoms with Crippen molar-refractivity contribution in [1.29, 1.82) is 0 Å². The Labute approximate surface area is 146 Å². The van der Waals surface area contributed by atoms with Crippen molar-refractivity contribution in [2.75, 3.05) is 13.2 Å². The average Bonchev–Trinajstić information content (AvgIpc) is 2.58. The minimum atomic E-state index is -0.313. The monoisotopic (exact) mass is 344 g/mol. The summed E-state index contributed by atoms with van der Waals surface area (Å²) >= 11 is 0. The average molecular weight is 344 g/mol.